The fourth-order valence-electron chi connectivity index (χ4n) is 3.68. The number of benzene rings is 3. The molecule has 0 atom stereocenters. The first kappa shape index (κ1) is 23.1. The second kappa shape index (κ2) is 8.34. The molecule has 174 valence electrons. The van der Waals surface area contributed by atoms with Crippen LogP contribution in [0.2, 0.25) is 0 Å². The SMILES string of the molecule is CS(=O)(=O)NC(=O)c1ccc2c(c1)C(=O)N(c1cc(-c3ccc(F)c(F)c3)ccc1C(N)=O)C2. The Morgan fingerprint density at radius 3 is 2.29 bits per heavy atom. The molecule has 0 unspecified atom stereocenters. The maximum atomic E-state index is 13.7. The van der Waals surface area contributed by atoms with Crippen molar-refractivity contribution >= 4 is 33.4 Å². The van der Waals surface area contributed by atoms with Gasteiger partial charge in [-0.1, -0.05) is 18.2 Å². The summed E-state index contributed by atoms with van der Waals surface area (Å²) in [7, 11) is -3.80. The highest BCUT2D eigenvalue weighted by atomic mass is 32.2. The number of carbonyl (C=O) groups excluding carboxylic acids is 3. The third-order valence-corrected chi connectivity index (χ3v) is 5.82. The minimum atomic E-state index is -3.80. The van der Waals surface area contributed by atoms with E-state index < -0.39 is 39.4 Å². The lowest BCUT2D eigenvalue weighted by atomic mass is 10.0. The summed E-state index contributed by atoms with van der Waals surface area (Å²) >= 11 is 0. The Balaban J connectivity index is 1.74. The molecule has 3 aromatic rings. The van der Waals surface area contributed by atoms with Gasteiger partial charge in [-0.15, -0.1) is 0 Å². The monoisotopic (exact) mass is 485 g/mol. The molecule has 0 aromatic heterocycles. The van der Waals surface area contributed by atoms with Crippen LogP contribution >= 0.6 is 0 Å². The van der Waals surface area contributed by atoms with Crippen molar-refractivity contribution in [3.8, 4) is 11.1 Å². The van der Waals surface area contributed by atoms with E-state index in [0.29, 0.717) is 16.7 Å². The molecule has 1 aliphatic heterocycles. The summed E-state index contributed by atoms with van der Waals surface area (Å²) in [5.74, 6) is -4.31. The van der Waals surface area contributed by atoms with Gasteiger partial charge < -0.3 is 10.6 Å². The zero-order chi connectivity index (χ0) is 24.8. The molecule has 34 heavy (non-hydrogen) atoms. The third kappa shape index (κ3) is 4.37. The molecule has 0 aliphatic carbocycles. The van der Waals surface area contributed by atoms with Gasteiger partial charge in [0.1, 0.15) is 0 Å². The zero-order valence-electron chi connectivity index (χ0n) is 17.6. The molecular formula is C23H17F2N3O5S. The Morgan fingerprint density at radius 1 is 0.971 bits per heavy atom. The topological polar surface area (TPSA) is 127 Å². The Kier molecular flexibility index (Phi) is 5.65. The lowest BCUT2D eigenvalue weighted by molar-refractivity contribution is 0.0978. The summed E-state index contributed by atoms with van der Waals surface area (Å²) in [4.78, 5) is 38.7. The van der Waals surface area contributed by atoms with Gasteiger partial charge in [0.15, 0.2) is 11.6 Å². The molecule has 0 saturated carbocycles. The normalized spacial score (nSPS) is 13.0. The van der Waals surface area contributed by atoms with Gasteiger partial charge in [0.25, 0.3) is 17.7 Å². The van der Waals surface area contributed by atoms with E-state index in [4.69, 9.17) is 5.73 Å². The average molecular weight is 485 g/mol. The average Bonchev–Trinajstić information content (AvgIpc) is 3.09. The summed E-state index contributed by atoms with van der Waals surface area (Å²) in [5.41, 5.74) is 7.05. The standard InChI is InChI=1S/C23H17F2N3O5S/c1-34(32,33)27-22(30)14-2-3-15-11-28(23(31)17(15)8-14)20-10-13(4-6-16(20)21(26)29)12-5-7-18(24)19(25)9-12/h2-10H,11H2,1H3,(H2,26,29)(H,27,30). The van der Waals surface area contributed by atoms with Crippen molar-refractivity contribution in [3.05, 3.63) is 88.5 Å². The van der Waals surface area contributed by atoms with E-state index in [0.717, 1.165) is 18.4 Å². The number of sulfonamides is 1. The maximum Gasteiger partial charge on any atom is 0.264 e. The van der Waals surface area contributed by atoms with E-state index in [9.17, 15) is 31.6 Å². The van der Waals surface area contributed by atoms with Crippen LogP contribution < -0.4 is 15.4 Å². The number of fused-ring (bicyclic) bond motifs is 1. The van der Waals surface area contributed by atoms with Crippen molar-refractivity contribution in [3.63, 3.8) is 0 Å². The summed E-state index contributed by atoms with van der Waals surface area (Å²) in [6.45, 7) is 0.0453. The molecule has 0 bridgehead atoms. The number of primary amides is 1. The van der Waals surface area contributed by atoms with Gasteiger partial charge in [0, 0.05) is 11.1 Å². The number of nitrogens with two attached hydrogens (primary N) is 1. The van der Waals surface area contributed by atoms with Crippen molar-refractivity contribution in [1.82, 2.24) is 4.72 Å². The number of hydrogen-bond donors (Lipinski definition) is 2. The molecule has 0 saturated heterocycles. The molecule has 11 heteroatoms. The number of halogens is 2. The van der Waals surface area contributed by atoms with Gasteiger partial charge in [-0.3, -0.25) is 14.4 Å². The van der Waals surface area contributed by atoms with Crippen molar-refractivity contribution in [1.29, 1.82) is 0 Å². The van der Waals surface area contributed by atoms with E-state index in [1.807, 2.05) is 4.72 Å². The number of hydrogen-bond acceptors (Lipinski definition) is 5. The molecule has 0 spiro atoms. The number of nitrogens with one attached hydrogen (secondary N) is 1. The summed E-state index contributed by atoms with van der Waals surface area (Å²) in [6.07, 6.45) is 0.830. The second-order valence-corrected chi connectivity index (χ2v) is 9.44. The minimum absolute atomic E-state index is 0.0301. The molecule has 3 aromatic carbocycles. The largest absolute Gasteiger partial charge is 0.366 e. The number of carbonyl (C=O) groups is 3. The van der Waals surface area contributed by atoms with Gasteiger partial charge in [0.05, 0.1) is 24.1 Å². The Bertz CT molecular complexity index is 1490. The van der Waals surface area contributed by atoms with Crippen LogP contribution in [0.15, 0.2) is 54.6 Å². The van der Waals surface area contributed by atoms with E-state index in [2.05, 4.69) is 0 Å². The molecular weight excluding hydrogens is 468 g/mol. The van der Waals surface area contributed by atoms with Crippen LogP contribution in [0.25, 0.3) is 11.1 Å². The Hall–Kier alpha value is -4.12. The summed E-state index contributed by atoms with van der Waals surface area (Å²) in [5, 5.41) is 0. The Morgan fingerprint density at radius 2 is 1.65 bits per heavy atom. The first-order chi connectivity index (χ1) is 15.9. The van der Waals surface area contributed by atoms with Gasteiger partial charge in [-0.25, -0.2) is 21.9 Å². The predicted molar refractivity (Wildman–Crippen MR) is 120 cm³/mol. The highest BCUT2D eigenvalue weighted by Gasteiger charge is 2.32. The van der Waals surface area contributed by atoms with Crippen LogP contribution in [0.1, 0.15) is 36.6 Å². The lowest BCUT2D eigenvalue weighted by Crippen LogP contribution is -2.29. The zero-order valence-corrected chi connectivity index (χ0v) is 18.4. The molecule has 0 fully saturated rings. The van der Waals surface area contributed by atoms with Crippen LogP contribution in [-0.2, 0) is 16.6 Å². The number of nitrogens with zero attached hydrogens (tertiary/aromatic N) is 1. The first-order valence-corrected chi connectivity index (χ1v) is 11.7. The molecule has 3 N–H and O–H groups in total. The molecule has 0 radical (unpaired) electrons. The van der Waals surface area contributed by atoms with Crippen molar-refractivity contribution in [2.24, 2.45) is 5.73 Å². The van der Waals surface area contributed by atoms with Gasteiger partial charge in [-0.2, -0.15) is 0 Å². The van der Waals surface area contributed by atoms with E-state index >= 15 is 0 Å². The minimum Gasteiger partial charge on any atom is -0.366 e. The van der Waals surface area contributed by atoms with E-state index in [-0.39, 0.29) is 28.9 Å². The molecule has 8 nitrogen and oxygen atoms in total. The summed E-state index contributed by atoms with van der Waals surface area (Å²) in [6, 6.07) is 11.8. The first-order valence-electron chi connectivity index (χ1n) is 9.81. The lowest BCUT2D eigenvalue weighted by Gasteiger charge is -2.20. The molecule has 4 rings (SSSR count). The fraction of sp³-hybridized carbons (Fsp3) is 0.0870. The van der Waals surface area contributed by atoms with Crippen LogP contribution in [0.4, 0.5) is 14.5 Å². The van der Waals surface area contributed by atoms with Crippen LogP contribution in [0, 0.1) is 11.6 Å². The number of amides is 3. The highest BCUT2D eigenvalue weighted by Crippen LogP contribution is 2.34. The van der Waals surface area contributed by atoms with Crippen molar-refractivity contribution < 1.29 is 31.6 Å². The van der Waals surface area contributed by atoms with Crippen molar-refractivity contribution in [2.75, 3.05) is 11.2 Å². The van der Waals surface area contributed by atoms with Gasteiger partial charge in [-0.05, 0) is 53.1 Å². The summed E-state index contributed by atoms with van der Waals surface area (Å²) < 4.78 is 51.6. The predicted octanol–water partition coefficient (Wildman–Crippen LogP) is 2.58. The highest BCUT2D eigenvalue weighted by molar-refractivity contribution is 7.89. The van der Waals surface area contributed by atoms with Crippen LogP contribution in [-0.4, -0.2) is 32.4 Å². The Labute approximate surface area is 193 Å². The molecule has 3 amide bonds. The van der Waals surface area contributed by atoms with Gasteiger partial charge in [0.2, 0.25) is 10.0 Å². The molecule has 1 aliphatic rings. The quantitative estimate of drug-likeness (QED) is 0.574. The molecule has 1 heterocycles. The smallest absolute Gasteiger partial charge is 0.264 e. The number of rotatable bonds is 5. The van der Waals surface area contributed by atoms with E-state index in [1.165, 1.54) is 47.4 Å². The third-order valence-electron chi connectivity index (χ3n) is 5.26. The van der Waals surface area contributed by atoms with Crippen molar-refractivity contribution in [2.45, 2.75) is 6.54 Å². The van der Waals surface area contributed by atoms with Crippen LogP contribution in [0.5, 0.6) is 0 Å². The maximum absolute atomic E-state index is 13.7. The van der Waals surface area contributed by atoms with Gasteiger partial charge >= 0.3 is 0 Å². The fourth-order valence-corrected chi connectivity index (χ4v) is 4.14. The number of anilines is 1. The van der Waals surface area contributed by atoms with Crippen LogP contribution in [0.3, 0.4) is 0 Å². The van der Waals surface area contributed by atoms with E-state index in [1.54, 1.807) is 0 Å². The second-order valence-electron chi connectivity index (χ2n) is 7.69.